The van der Waals surface area contributed by atoms with Gasteiger partial charge in [0.15, 0.2) is 0 Å². The highest BCUT2D eigenvalue weighted by atomic mass is 79.9. The molecule has 2 rings (SSSR count). The molecule has 0 spiro atoms. The molecule has 0 saturated heterocycles. The van der Waals surface area contributed by atoms with Crippen LogP contribution >= 0.6 is 39.3 Å². The molecule has 2 aromatic rings. The Morgan fingerprint density at radius 1 is 1.14 bits per heavy atom. The molecule has 2 aromatic carbocycles. The first-order valence-corrected chi connectivity index (χ1v) is 9.20. The second-order valence-electron chi connectivity index (χ2n) is 4.92. The standard InChI is InChI=1S/C17H19BrClNS/c1-2-16(20)17(13-8-4-5-9-14(13)18)21-11-12-7-3-6-10-15(12)19/h3-10,16-17H,2,11,20H2,1H3. The van der Waals surface area contributed by atoms with Gasteiger partial charge in [-0.2, -0.15) is 0 Å². The van der Waals surface area contributed by atoms with E-state index in [-0.39, 0.29) is 11.3 Å². The number of nitrogens with two attached hydrogens (primary N) is 1. The highest BCUT2D eigenvalue weighted by molar-refractivity contribution is 9.10. The number of hydrogen-bond donors (Lipinski definition) is 1. The molecule has 0 radical (unpaired) electrons. The Labute approximate surface area is 144 Å². The highest BCUT2D eigenvalue weighted by Gasteiger charge is 2.21. The lowest BCUT2D eigenvalue weighted by molar-refractivity contribution is 0.632. The minimum atomic E-state index is 0.121. The molecule has 0 amide bonds. The summed E-state index contributed by atoms with van der Waals surface area (Å²) in [5.41, 5.74) is 8.76. The molecule has 0 aliphatic carbocycles. The maximum atomic E-state index is 6.35. The number of thioether (sulfide) groups is 1. The lowest BCUT2D eigenvalue weighted by Gasteiger charge is -2.24. The first-order chi connectivity index (χ1) is 10.1. The van der Waals surface area contributed by atoms with Crippen molar-refractivity contribution in [1.82, 2.24) is 0 Å². The Hall–Kier alpha value is -0.480. The molecule has 0 heterocycles. The van der Waals surface area contributed by atoms with Crippen molar-refractivity contribution in [3.8, 4) is 0 Å². The quantitative estimate of drug-likeness (QED) is 0.679. The lowest BCUT2D eigenvalue weighted by atomic mass is 10.0. The van der Waals surface area contributed by atoms with E-state index in [9.17, 15) is 0 Å². The van der Waals surface area contributed by atoms with Gasteiger partial charge in [0.1, 0.15) is 0 Å². The van der Waals surface area contributed by atoms with Crippen LogP contribution in [0.3, 0.4) is 0 Å². The largest absolute Gasteiger partial charge is 0.326 e. The van der Waals surface area contributed by atoms with Crippen LogP contribution in [0.15, 0.2) is 53.0 Å². The van der Waals surface area contributed by atoms with Crippen LogP contribution in [-0.4, -0.2) is 6.04 Å². The Bertz CT molecular complexity index is 591. The second kappa shape index (κ2) is 8.23. The summed E-state index contributed by atoms with van der Waals surface area (Å²) in [5.74, 6) is 0.860. The fourth-order valence-corrected chi connectivity index (χ4v) is 4.56. The summed E-state index contributed by atoms with van der Waals surface area (Å²) < 4.78 is 1.12. The van der Waals surface area contributed by atoms with Crippen LogP contribution in [0.2, 0.25) is 5.02 Å². The number of hydrogen-bond acceptors (Lipinski definition) is 2. The van der Waals surface area contributed by atoms with E-state index in [0.29, 0.717) is 0 Å². The van der Waals surface area contributed by atoms with Gasteiger partial charge < -0.3 is 5.73 Å². The second-order valence-corrected chi connectivity index (χ2v) is 7.31. The van der Waals surface area contributed by atoms with Crippen molar-refractivity contribution in [3.63, 3.8) is 0 Å². The van der Waals surface area contributed by atoms with E-state index in [2.05, 4.69) is 47.1 Å². The molecule has 4 heteroatoms. The molecule has 0 aromatic heterocycles. The van der Waals surface area contributed by atoms with Crippen molar-refractivity contribution in [2.45, 2.75) is 30.4 Å². The third-order valence-corrected chi connectivity index (χ3v) is 5.98. The average Bonchev–Trinajstić information content (AvgIpc) is 2.50. The molecule has 21 heavy (non-hydrogen) atoms. The van der Waals surface area contributed by atoms with Crippen LogP contribution in [0.1, 0.15) is 29.7 Å². The minimum absolute atomic E-state index is 0.121. The van der Waals surface area contributed by atoms with E-state index in [1.807, 2.05) is 36.0 Å². The van der Waals surface area contributed by atoms with Crippen LogP contribution < -0.4 is 5.73 Å². The van der Waals surface area contributed by atoms with Gasteiger partial charge in [-0.1, -0.05) is 70.9 Å². The molecule has 0 saturated carbocycles. The van der Waals surface area contributed by atoms with Gasteiger partial charge >= 0.3 is 0 Å². The average molecular weight is 385 g/mol. The molecule has 0 aliphatic heterocycles. The highest BCUT2D eigenvalue weighted by Crippen LogP contribution is 2.39. The van der Waals surface area contributed by atoms with Crippen molar-refractivity contribution in [1.29, 1.82) is 0 Å². The Balaban J connectivity index is 2.18. The predicted molar refractivity (Wildman–Crippen MR) is 97.9 cm³/mol. The molecular weight excluding hydrogens is 366 g/mol. The van der Waals surface area contributed by atoms with Crippen molar-refractivity contribution in [2.75, 3.05) is 0 Å². The third-order valence-electron chi connectivity index (χ3n) is 3.45. The summed E-state index contributed by atoms with van der Waals surface area (Å²) >= 11 is 11.7. The van der Waals surface area contributed by atoms with Gasteiger partial charge in [0.05, 0.1) is 0 Å². The molecular formula is C17H19BrClNS. The van der Waals surface area contributed by atoms with Gasteiger partial charge in [0.2, 0.25) is 0 Å². The number of benzene rings is 2. The van der Waals surface area contributed by atoms with Crippen LogP contribution in [0.5, 0.6) is 0 Å². The third kappa shape index (κ3) is 4.49. The predicted octanol–water partition coefficient (Wildman–Crippen LogP) is 5.81. The van der Waals surface area contributed by atoms with Crippen LogP contribution in [0, 0.1) is 0 Å². The zero-order valence-corrected chi connectivity index (χ0v) is 15.1. The monoisotopic (exact) mass is 383 g/mol. The SMILES string of the molecule is CCC(N)C(SCc1ccccc1Cl)c1ccccc1Br. The van der Waals surface area contributed by atoms with E-state index < -0.39 is 0 Å². The molecule has 1 nitrogen and oxygen atoms in total. The fraction of sp³-hybridized carbons (Fsp3) is 0.294. The van der Waals surface area contributed by atoms with E-state index >= 15 is 0 Å². The lowest BCUT2D eigenvalue weighted by Crippen LogP contribution is -2.26. The van der Waals surface area contributed by atoms with Crippen LogP contribution in [0.25, 0.3) is 0 Å². The van der Waals surface area contributed by atoms with E-state index in [4.69, 9.17) is 17.3 Å². The maximum absolute atomic E-state index is 6.35. The van der Waals surface area contributed by atoms with E-state index in [1.165, 1.54) is 5.56 Å². The Kier molecular flexibility index (Phi) is 6.62. The normalized spacial score (nSPS) is 13.9. The van der Waals surface area contributed by atoms with Crippen molar-refractivity contribution in [3.05, 3.63) is 69.2 Å². The van der Waals surface area contributed by atoms with E-state index in [0.717, 1.165) is 27.2 Å². The summed E-state index contributed by atoms with van der Waals surface area (Å²) in [4.78, 5) is 0. The molecule has 112 valence electrons. The van der Waals surface area contributed by atoms with Gasteiger partial charge in [-0.25, -0.2) is 0 Å². The molecule has 0 bridgehead atoms. The van der Waals surface area contributed by atoms with Gasteiger partial charge in [-0.05, 0) is 29.7 Å². The summed E-state index contributed by atoms with van der Waals surface area (Å²) in [7, 11) is 0. The van der Waals surface area contributed by atoms with Gasteiger partial charge in [0.25, 0.3) is 0 Å². The topological polar surface area (TPSA) is 26.0 Å². The van der Waals surface area contributed by atoms with Crippen LogP contribution in [0.4, 0.5) is 0 Å². The number of halogens is 2. The minimum Gasteiger partial charge on any atom is -0.326 e. The summed E-state index contributed by atoms with van der Waals surface area (Å²) in [6.07, 6.45) is 0.946. The molecule has 0 aliphatic rings. The first-order valence-electron chi connectivity index (χ1n) is 6.98. The zero-order chi connectivity index (χ0) is 15.2. The molecule has 2 atom stereocenters. The van der Waals surface area contributed by atoms with E-state index in [1.54, 1.807) is 0 Å². The maximum Gasteiger partial charge on any atom is 0.0462 e. The van der Waals surface area contributed by atoms with Gasteiger partial charge in [0, 0.05) is 26.5 Å². The number of rotatable bonds is 6. The molecule has 0 fully saturated rings. The van der Waals surface area contributed by atoms with Crippen molar-refractivity contribution in [2.24, 2.45) is 5.73 Å². The first kappa shape index (κ1) is 16.9. The smallest absolute Gasteiger partial charge is 0.0462 e. The van der Waals surface area contributed by atoms with Crippen molar-refractivity contribution < 1.29 is 0 Å². The van der Waals surface area contributed by atoms with Crippen LogP contribution in [-0.2, 0) is 5.75 Å². The summed E-state index contributed by atoms with van der Waals surface area (Å²) in [6, 6.07) is 16.4. The Morgan fingerprint density at radius 3 is 2.48 bits per heavy atom. The Morgan fingerprint density at radius 2 is 1.81 bits per heavy atom. The molecule has 2 N–H and O–H groups in total. The molecule has 2 unspecified atom stereocenters. The summed E-state index contributed by atoms with van der Waals surface area (Å²) in [6.45, 7) is 2.13. The van der Waals surface area contributed by atoms with Gasteiger partial charge in [-0.15, -0.1) is 11.8 Å². The van der Waals surface area contributed by atoms with Crippen molar-refractivity contribution >= 4 is 39.3 Å². The fourth-order valence-electron chi connectivity index (χ4n) is 2.16. The summed E-state index contributed by atoms with van der Waals surface area (Å²) in [5, 5.41) is 1.07. The van der Waals surface area contributed by atoms with Gasteiger partial charge in [-0.3, -0.25) is 0 Å². The zero-order valence-electron chi connectivity index (χ0n) is 11.9.